The summed E-state index contributed by atoms with van der Waals surface area (Å²) >= 11 is 1.87. The minimum absolute atomic E-state index is 0.267. The molecule has 0 aromatic heterocycles. The Morgan fingerprint density at radius 1 is 1.08 bits per heavy atom. The molecule has 0 saturated carbocycles. The molecule has 0 atom stereocenters. The van der Waals surface area contributed by atoms with Crippen LogP contribution in [0.5, 0.6) is 0 Å². The first-order chi connectivity index (χ1) is 11.4. The predicted molar refractivity (Wildman–Crippen MR) is 95.0 cm³/mol. The number of nitrogens with one attached hydrogen (secondary N) is 2. The Kier molecular flexibility index (Phi) is 5.85. The molecule has 2 aromatic rings. The highest BCUT2D eigenvalue weighted by molar-refractivity contribution is 14.1. The van der Waals surface area contributed by atoms with E-state index in [-0.39, 0.29) is 12.1 Å². The minimum atomic E-state index is -0.654. The van der Waals surface area contributed by atoms with Crippen LogP contribution in [0.25, 0.3) is 0 Å². The van der Waals surface area contributed by atoms with Gasteiger partial charge in [-0.2, -0.15) is 0 Å². The lowest BCUT2D eigenvalue weighted by molar-refractivity contribution is -0.117. The Morgan fingerprint density at radius 3 is 2.50 bits per heavy atom. The first-order valence-corrected chi connectivity index (χ1v) is 7.87. The first-order valence-electron chi connectivity index (χ1n) is 6.80. The standard InChI is InChI=1S/C16H13FIN3O3/c17-10-4-5-12(13(18)7-10)16(24)21-11-3-1-2-9(6-11)15(23)20-8-14(19)22/h1-7H,8H2,(H2,19,22)(H,20,23)(H,21,24). The van der Waals surface area contributed by atoms with Crippen LogP contribution in [0.3, 0.4) is 0 Å². The van der Waals surface area contributed by atoms with E-state index < -0.39 is 23.5 Å². The second-order valence-electron chi connectivity index (χ2n) is 4.81. The summed E-state index contributed by atoms with van der Waals surface area (Å²) in [5.74, 6) is -1.99. The van der Waals surface area contributed by atoms with Gasteiger partial charge in [0.25, 0.3) is 11.8 Å². The molecular formula is C16H13FIN3O3. The van der Waals surface area contributed by atoms with Gasteiger partial charge in [-0.1, -0.05) is 6.07 Å². The number of amides is 3. The largest absolute Gasteiger partial charge is 0.368 e. The van der Waals surface area contributed by atoms with Crippen LogP contribution in [0, 0.1) is 9.39 Å². The molecule has 6 nitrogen and oxygen atoms in total. The quantitative estimate of drug-likeness (QED) is 0.618. The van der Waals surface area contributed by atoms with E-state index in [1.165, 1.54) is 30.3 Å². The van der Waals surface area contributed by atoms with Crippen LogP contribution >= 0.6 is 22.6 Å². The van der Waals surface area contributed by atoms with E-state index in [2.05, 4.69) is 10.6 Å². The predicted octanol–water partition coefficient (Wildman–Crippen LogP) is 1.90. The molecule has 8 heteroatoms. The van der Waals surface area contributed by atoms with Crippen LogP contribution in [0.15, 0.2) is 42.5 Å². The maximum Gasteiger partial charge on any atom is 0.256 e. The van der Waals surface area contributed by atoms with Gasteiger partial charge in [-0.15, -0.1) is 0 Å². The smallest absolute Gasteiger partial charge is 0.256 e. The van der Waals surface area contributed by atoms with Crippen molar-refractivity contribution in [2.45, 2.75) is 0 Å². The fraction of sp³-hybridized carbons (Fsp3) is 0.0625. The average molecular weight is 441 g/mol. The van der Waals surface area contributed by atoms with Gasteiger partial charge in [-0.05, 0) is 59.0 Å². The summed E-state index contributed by atoms with van der Waals surface area (Å²) < 4.78 is 13.6. The highest BCUT2D eigenvalue weighted by atomic mass is 127. The Hall–Kier alpha value is -2.49. The summed E-state index contributed by atoms with van der Waals surface area (Å²) in [5.41, 5.74) is 5.95. The number of benzene rings is 2. The van der Waals surface area contributed by atoms with Crippen molar-refractivity contribution in [3.05, 3.63) is 63.0 Å². The summed E-state index contributed by atoms with van der Waals surface area (Å²) in [6.45, 7) is -0.275. The number of hydrogen-bond donors (Lipinski definition) is 3. The maximum absolute atomic E-state index is 13.1. The third-order valence-corrected chi connectivity index (χ3v) is 3.87. The summed E-state index contributed by atoms with van der Waals surface area (Å²) in [6.07, 6.45) is 0. The Morgan fingerprint density at radius 2 is 1.83 bits per heavy atom. The van der Waals surface area contributed by atoms with Crippen molar-refractivity contribution in [1.29, 1.82) is 0 Å². The summed E-state index contributed by atoms with van der Waals surface area (Å²) in [4.78, 5) is 34.8. The summed E-state index contributed by atoms with van der Waals surface area (Å²) in [6, 6.07) is 10.0. The molecular weight excluding hydrogens is 428 g/mol. The van der Waals surface area contributed by atoms with Crippen LogP contribution in [-0.2, 0) is 4.79 Å². The van der Waals surface area contributed by atoms with Crippen molar-refractivity contribution in [3.8, 4) is 0 Å². The third kappa shape index (κ3) is 4.75. The molecule has 2 rings (SSSR count). The Balaban J connectivity index is 2.12. The molecule has 0 aliphatic heterocycles. The average Bonchev–Trinajstić information content (AvgIpc) is 2.52. The van der Waals surface area contributed by atoms with E-state index in [4.69, 9.17) is 5.73 Å². The van der Waals surface area contributed by atoms with E-state index in [0.29, 0.717) is 14.8 Å². The van der Waals surface area contributed by atoms with Gasteiger partial charge in [0.15, 0.2) is 0 Å². The number of carbonyl (C=O) groups excluding carboxylic acids is 3. The second-order valence-corrected chi connectivity index (χ2v) is 5.97. The Labute approximate surface area is 150 Å². The molecule has 0 bridgehead atoms. The monoisotopic (exact) mass is 441 g/mol. The second kappa shape index (κ2) is 7.86. The van der Waals surface area contributed by atoms with Crippen LogP contribution < -0.4 is 16.4 Å². The van der Waals surface area contributed by atoms with Crippen LogP contribution in [-0.4, -0.2) is 24.3 Å². The topological polar surface area (TPSA) is 101 Å². The lowest BCUT2D eigenvalue weighted by Gasteiger charge is -2.09. The van der Waals surface area contributed by atoms with Crippen molar-refractivity contribution in [2.24, 2.45) is 5.73 Å². The molecule has 3 amide bonds. The summed E-state index contributed by atoms with van der Waals surface area (Å²) in [5, 5.41) is 5.00. The van der Waals surface area contributed by atoms with E-state index >= 15 is 0 Å². The van der Waals surface area contributed by atoms with Gasteiger partial charge in [0.05, 0.1) is 12.1 Å². The molecule has 0 saturated heterocycles. The molecule has 124 valence electrons. The van der Waals surface area contributed by atoms with Crippen molar-refractivity contribution >= 4 is 46.0 Å². The summed E-state index contributed by atoms with van der Waals surface area (Å²) in [7, 11) is 0. The molecule has 0 aliphatic rings. The third-order valence-electron chi connectivity index (χ3n) is 2.98. The van der Waals surface area contributed by atoms with Gasteiger partial charge in [0.2, 0.25) is 5.91 Å². The molecule has 0 unspecified atom stereocenters. The highest BCUT2D eigenvalue weighted by Gasteiger charge is 2.12. The van der Waals surface area contributed by atoms with Gasteiger partial charge >= 0.3 is 0 Å². The number of halogens is 2. The lowest BCUT2D eigenvalue weighted by Crippen LogP contribution is -2.33. The number of rotatable bonds is 5. The molecule has 0 spiro atoms. The van der Waals surface area contributed by atoms with Crippen LogP contribution in [0.4, 0.5) is 10.1 Å². The molecule has 24 heavy (non-hydrogen) atoms. The zero-order valence-corrected chi connectivity index (χ0v) is 14.5. The zero-order chi connectivity index (χ0) is 17.7. The Bertz CT molecular complexity index is 811. The number of hydrogen-bond acceptors (Lipinski definition) is 3. The number of carbonyl (C=O) groups is 3. The van der Waals surface area contributed by atoms with E-state index in [0.717, 1.165) is 0 Å². The van der Waals surface area contributed by atoms with E-state index in [1.807, 2.05) is 22.6 Å². The van der Waals surface area contributed by atoms with E-state index in [1.54, 1.807) is 12.1 Å². The van der Waals surface area contributed by atoms with Crippen molar-refractivity contribution < 1.29 is 18.8 Å². The fourth-order valence-electron chi connectivity index (χ4n) is 1.88. The zero-order valence-electron chi connectivity index (χ0n) is 12.3. The molecule has 0 aliphatic carbocycles. The van der Waals surface area contributed by atoms with Gasteiger partial charge in [-0.25, -0.2) is 4.39 Å². The number of anilines is 1. The van der Waals surface area contributed by atoms with E-state index in [9.17, 15) is 18.8 Å². The van der Waals surface area contributed by atoms with Crippen LogP contribution in [0.1, 0.15) is 20.7 Å². The van der Waals surface area contributed by atoms with Gasteiger partial charge < -0.3 is 16.4 Å². The maximum atomic E-state index is 13.1. The minimum Gasteiger partial charge on any atom is -0.368 e. The molecule has 0 fully saturated rings. The lowest BCUT2D eigenvalue weighted by atomic mass is 10.1. The highest BCUT2D eigenvalue weighted by Crippen LogP contribution is 2.17. The molecule has 4 N–H and O–H groups in total. The SMILES string of the molecule is NC(=O)CNC(=O)c1cccc(NC(=O)c2ccc(F)cc2I)c1. The van der Waals surface area contributed by atoms with Crippen molar-refractivity contribution in [1.82, 2.24) is 5.32 Å². The van der Waals surface area contributed by atoms with Gasteiger partial charge in [0, 0.05) is 14.8 Å². The fourth-order valence-corrected chi connectivity index (χ4v) is 2.60. The van der Waals surface area contributed by atoms with Crippen molar-refractivity contribution in [3.63, 3.8) is 0 Å². The first kappa shape index (κ1) is 17.9. The van der Waals surface area contributed by atoms with Gasteiger partial charge in [-0.3, -0.25) is 14.4 Å². The molecule has 0 radical (unpaired) electrons. The van der Waals surface area contributed by atoms with Gasteiger partial charge in [0.1, 0.15) is 5.82 Å². The van der Waals surface area contributed by atoms with Crippen LogP contribution in [0.2, 0.25) is 0 Å². The normalized spacial score (nSPS) is 10.1. The number of nitrogens with two attached hydrogens (primary N) is 1. The number of primary amides is 1. The molecule has 2 aromatic carbocycles. The van der Waals surface area contributed by atoms with Crippen molar-refractivity contribution in [2.75, 3.05) is 11.9 Å². The molecule has 0 heterocycles.